The van der Waals surface area contributed by atoms with E-state index in [1.54, 1.807) is 4.90 Å². The minimum Gasteiger partial charge on any atom is -0.456 e. The number of amides is 3. The van der Waals surface area contributed by atoms with Crippen molar-refractivity contribution in [3.8, 4) is 11.3 Å². The van der Waals surface area contributed by atoms with E-state index in [1.165, 1.54) is 36.4 Å². The van der Waals surface area contributed by atoms with Crippen molar-refractivity contribution in [1.82, 2.24) is 9.80 Å². The maximum atomic E-state index is 12.6. The van der Waals surface area contributed by atoms with Crippen LogP contribution in [-0.2, 0) is 9.59 Å². The molecule has 2 aliphatic heterocycles. The van der Waals surface area contributed by atoms with Crippen LogP contribution in [0.1, 0.15) is 18.6 Å². The second-order valence-corrected chi connectivity index (χ2v) is 8.41. The molecule has 11 heteroatoms. The third-order valence-electron chi connectivity index (χ3n) is 4.95. The minimum absolute atomic E-state index is 0.116. The smallest absolute Gasteiger partial charge is 0.294 e. The highest BCUT2D eigenvalue weighted by atomic mass is 35.5. The molecule has 0 N–H and O–H groups in total. The van der Waals surface area contributed by atoms with E-state index in [1.807, 2.05) is 0 Å². The monoisotopic (exact) mass is 461 g/mol. The summed E-state index contributed by atoms with van der Waals surface area (Å²) in [5.74, 6) is -0.358. The van der Waals surface area contributed by atoms with Crippen LogP contribution in [0.15, 0.2) is 39.7 Å². The van der Waals surface area contributed by atoms with E-state index in [9.17, 15) is 24.5 Å². The summed E-state index contributed by atoms with van der Waals surface area (Å²) in [7, 11) is 0. The molecule has 2 saturated heterocycles. The molecule has 3 heterocycles. The van der Waals surface area contributed by atoms with Gasteiger partial charge in [0.2, 0.25) is 5.91 Å². The van der Waals surface area contributed by atoms with Crippen molar-refractivity contribution >= 4 is 52.2 Å². The summed E-state index contributed by atoms with van der Waals surface area (Å²) < 4.78 is 5.65. The van der Waals surface area contributed by atoms with Crippen LogP contribution in [0.25, 0.3) is 17.4 Å². The Morgan fingerprint density at radius 1 is 1.23 bits per heavy atom. The van der Waals surface area contributed by atoms with E-state index < -0.39 is 16.1 Å². The topological polar surface area (TPSA) is 114 Å². The summed E-state index contributed by atoms with van der Waals surface area (Å²) >= 11 is 6.56. The summed E-state index contributed by atoms with van der Waals surface area (Å²) in [5, 5.41) is 11.0. The van der Waals surface area contributed by atoms with Gasteiger partial charge in [-0.3, -0.25) is 29.4 Å². The molecule has 0 radical (unpaired) electrons. The molecule has 0 atom stereocenters. The van der Waals surface area contributed by atoms with E-state index in [4.69, 9.17) is 16.0 Å². The van der Waals surface area contributed by atoms with Gasteiger partial charge in [-0.25, -0.2) is 0 Å². The number of furan rings is 1. The molecule has 0 unspecified atom stereocenters. The van der Waals surface area contributed by atoms with E-state index in [0.29, 0.717) is 13.1 Å². The first-order chi connectivity index (χ1) is 14.8. The van der Waals surface area contributed by atoms with Crippen molar-refractivity contribution in [3.05, 3.63) is 56.1 Å². The number of nitro groups is 1. The standard InChI is InChI=1S/C20H16ClN3O6S/c21-12-3-5-14(15(9-12)24(28)29)16-6-4-13(30-16)10-17-19(26)23(20(27)31-17)11-18(25)22-7-1-2-8-22/h3-6,9-10H,1-2,7-8,11H2/b17-10+. The van der Waals surface area contributed by atoms with Crippen LogP contribution in [0.2, 0.25) is 5.02 Å². The second-order valence-electron chi connectivity index (χ2n) is 6.98. The molecule has 0 aliphatic carbocycles. The number of nitro benzene ring substituents is 1. The number of nitrogens with zero attached hydrogens (tertiary/aromatic N) is 3. The van der Waals surface area contributed by atoms with Gasteiger partial charge in [-0.1, -0.05) is 11.6 Å². The number of benzene rings is 1. The largest absolute Gasteiger partial charge is 0.456 e. The van der Waals surface area contributed by atoms with Crippen molar-refractivity contribution in [1.29, 1.82) is 0 Å². The molecule has 0 bridgehead atoms. The first kappa shape index (κ1) is 21.1. The number of thioether (sulfide) groups is 1. The summed E-state index contributed by atoms with van der Waals surface area (Å²) in [4.78, 5) is 50.6. The third-order valence-corrected chi connectivity index (χ3v) is 6.09. The highest BCUT2D eigenvalue weighted by Crippen LogP contribution is 2.36. The fourth-order valence-corrected chi connectivity index (χ4v) is 4.39. The molecule has 2 aromatic rings. The lowest BCUT2D eigenvalue weighted by atomic mass is 10.1. The summed E-state index contributed by atoms with van der Waals surface area (Å²) in [6.45, 7) is 0.982. The molecule has 160 valence electrons. The van der Waals surface area contributed by atoms with Crippen LogP contribution in [0.5, 0.6) is 0 Å². The summed E-state index contributed by atoms with van der Waals surface area (Å²) in [6.07, 6.45) is 3.22. The zero-order chi connectivity index (χ0) is 22.1. The number of halogens is 1. The lowest BCUT2D eigenvalue weighted by molar-refractivity contribution is -0.384. The highest BCUT2D eigenvalue weighted by molar-refractivity contribution is 8.18. The predicted molar refractivity (Wildman–Crippen MR) is 114 cm³/mol. The lowest BCUT2D eigenvalue weighted by Crippen LogP contribution is -2.40. The van der Waals surface area contributed by atoms with Gasteiger partial charge >= 0.3 is 0 Å². The molecule has 2 fully saturated rings. The van der Waals surface area contributed by atoms with Gasteiger partial charge in [-0.2, -0.15) is 0 Å². The highest BCUT2D eigenvalue weighted by Gasteiger charge is 2.37. The Morgan fingerprint density at radius 3 is 2.68 bits per heavy atom. The van der Waals surface area contributed by atoms with Gasteiger partial charge in [0.25, 0.3) is 16.8 Å². The molecular weight excluding hydrogens is 446 g/mol. The van der Waals surface area contributed by atoms with Gasteiger partial charge in [-0.15, -0.1) is 0 Å². The Labute approximate surface area is 185 Å². The number of likely N-dealkylation sites (tertiary alicyclic amines) is 1. The Hall–Kier alpha value is -3.11. The van der Waals surface area contributed by atoms with E-state index >= 15 is 0 Å². The number of carbonyl (C=O) groups excluding carboxylic acids is 3. The second kappa shape index (κ2) is 8.56. The maximum Gasteiger partial charge on any atom is 0.294 e. The van der Waals surface area contributed by atoms with Crippen LogP contribution in [-0.4, -0.2) is 51.4 Å². The van der Waals surface area contributed by atoms with Crippen LogP contribution in [0, 0.1) is 10.1 Å². The zero-order valence-corrected chi connectivity index (χ0v) is 17.6. The van der Waals surface area contributed by atoms with Crippen LogP contribution < -0.4 is 0 Å². The quantitative estimate of drug-likeness (QED) is 0.373. The number of carbonyl (C=O) groups is 3. The molecular formula is C20H16ClN3O6S. The maximum absolute atomic E-state index is 12.6. The van der Waals surface area contributed by atoms with E-state index in [2.05, 4.69) is 0 Å². The molecule has 1 aromatic heterocycles. The average Bonchev–Trinajstić information content (AvgIpc) is 3.47. The normalized spacial score (nSPS) is 17.8. The number of rotatable bonds is 5. The fourth-order valence-electron chi connectivity index (χ4n) is 3.41. The first-order valence-electron chi connectivity index (χ1n) is 9.41. The molecule has 1 aromatic carbocycles. The van der Waals surface area contributed by atoms with Gasteiger partial charge in [0.1, 0.15) is 18.1 Å². The van der Waals surface area contributed by atoms with E-state index in [-0.39, 0.29) is 45.2 Å². The molecule has 9 nitrogen and oxygen atoms in total. The SMILES string of the molecule is O=C(CN1C(=O)S/C(=C/c2ccc(-c3ccc(Cl)cc3[N+](=O)[O-])o2)C1=O)N1CCCC1. The Bertz CT molecular complexity index is 1120. The van der Waals surface area contributed by atoms with Crippen LogP contribution in [0.4, 0.5) is 10.5 Å². The number of hydrogen-bond donors (Lipinski definition) is 0. The van der Waals surface area contributed by atoms with Gasteiger partial charge < -0.3 is 9.32 Å². The van der Waals surface area contributed by atoms with Crippen LogP contribution >= 0.6 is 23.4 Å². The summed E-state index contributed by atoms with van der Waals surface area (Å²) in [5.41, 5.74) is 0.0208. The van der Waals surface area contributed by atoms with Gasteiger partial charge in [0, 0.05) is 30.3 Å². The van der Waals surface area contributed by atoms with E-state index in [0.717, 1.165) is 29.5 Å². The van der Waals surface area contributed by atoms with Gasteiger partial charge in [0.05, 0.1) is 15.4 Å². The van der Waals surface area contributed by atoms with Crippen molar-refractivity contribution in [3.63, 3.8) is 0 Å². The Morgan fingerprint density at radius 2 is 1.97 bits per heavy atom. The Balaban J connectivity index is 1.53. The van der Waals surface area contributed by atoms with Crippen molar-refractivity contribution in [2.45, 2.75) is 12.8 Å². The van der Waals surface area contributed by atoms with Crippen molar-refractivity contribution in [2.24, 2.45) is 0 Å². The average molecular weight is 462 g/mol. The lowest BCUT2D eigenvalue weighted by Gasteiger charge is -2.18. The third kappa shape index (κ3) is 4.35. The molecule has 31 heavy (non-hydrogen) atoms. The molecule has 2 aliphatic rings. The molecule has 4 rings (SSSR count). The van der Waals surface area contributed by atoms with Gasteiger partial charge in [0.15, 0.2) is 0 Å². The van der Waals surface area contributed by atoms with Crippen molar-refractivity contribution in [2.75, 3.05) is 19.6 Å². The predicted octanol–water partition coefficient (Wildman–Crippen LogP) is 4.17. The number of imide groups is 1. The van der Waals surface area contributed by atoms with Gasteiger partial charge in [-0.05, 0) is 48.9 Å². The van der Waals surface area contributed by atoms with Crippen molar-refractivity contribution < 1.29 is 23.7 Å². The molecule has 0 spiro atoms. The molecule has 3 amide bonds. The minimum atomic E-state index is -0.571. The number of hydrogen-bond acceptors (Lipinski definition) is 7. The first-order valence-corrected chi connectivity index (χ1v) is 10.6. The fraction of sp³-hybridized carbons (Fsp3) is 0.250. The zero-order valence-electron chi connectivity index (χ0n) is 16.1. The Kier molecular flexibility index (Phi) is 5.84. The summed E-state index contributed by atoms with van der Waals surface area (Å²) in [6, 6.07) is 7.28. The van der Waals surface area contributed by atoms with Crippen LogP contribution in [0.3, 0.4) is 0 Å². The molecule has 0 saturated carbocycles.